The molecule has 11 aromatic rings. The van der Waals surface area contributed by atoms with Crippen LogP contribution in [0.15, 0.2) is 273 Å². The zero-order valence-corrected chi connectivity index (χ0v) is 35.8. The number of anilines is 6. The van der Waals surface area contributed by atoms with E-state index in [1.807, 2.05) is 0 Å². The van der Waals surface area contributed by atoms with Crippen molar-refractivity contribution < 1.29 is 0 Å². The molecule has 3 heteroatoms. The third-order valence-electron chi connectivity index (χ3n) is 12.3. The molecule has 0 N–H and O–H groups in total. The number of aromatic nitrogens is 1. The summed E-state index contributed by atoms with van der Waals surface area (Å²) in [4.78, 5) is 4.64. The number of benzene rings is 10. The zero-order chi connectivity index (χ0) is 43.4. The van der Waals surface area contributed by atoms with Gasteiger partial charge in [-0.1, -0.05) is 170 Å². The summed E-state index contributed by atoms with van der Waals surface area (Å²) in [7, 11) is 0. The Kier molecular flexibility index (Phi) is 10.6. The Hall–Kier alpha value is -8.66. The van der Waals surface area contributed by atoms with Crippen molar-refractivity contribution in [3.05, 3.63) is 273 Å². The molecule has 0 radical (unpaired) electrons. The Morgan fingerprint density at radius 3 is 0.969 bits per heavy atom. The summed E-state index contributed by atoms with van der Waals surface area (Å²) >= 11 is 0. The van der Waals surface area contributed by atoms with Crippen molar-refractivity contribution >= 4 is 45.0 Å². The highest BCUT2D eigenvalue weighted by atomic mass is 15.1. The van der Waals surface area contributed by atoms with Gasteiger partial charge in [0.1, 0.15) is 0 Å². The molecular weight excluding hydrogens is 787 g/mol. The van der Waals surface area contributed by atoms with E-state index in [0.717, 1.165) is 39.8 Å². The van der Waals surface area contributed by atoms with Gasteiger partial charge in [0.05, 0.1) is 5.52 Å². The van der Waals surface area contributed by atoms with Gasteiger partial charge in [-0.05, 0) is 142 Å². The van der Waals surface area contributed by atoms with E-state index in [1.165, 1.54) is 55.4 Å². The molecule has 10 aromatic carbocycles. The van der Waals surface area contributed by atoms with Gasteiger partial charge in [-0.2, -0.15) is 0 Å². The number of para-hydroxylation sites is 3. The van der Waals surface area contributed by atoms with Crippen LogP contribution >= 0.6 is 0 Å². The van der Waals surface area contributed by atoms with Gasteiger partial charge in [-0.25, -0.2) is 0 Å². The quantitative estimate of drug-likeness (QED) is 0.129. The minimum atomic E-state index is 1.10. The largest absolute Gasteiger partial charge is 0.317 e. The molecule has 11 rings (SSSR count). The number of nitrogens with zero attached hydrogens (tertiary/aromatic N) is 3. The van der Waals surface area contributed by atoms with E-state index in [-0.39, 0.29) is 0 Å². The van der Waals surface area contributed by atoms with Crippen molar-refractivity contribution in [1.82, 2.24) is 4.57 Å². The van der Waals surface area contributed by atoms with E-state index < -0.39 is 0 Å². The summed E-state index contributed by atoms with van der Waals surface area (Å²) < 4.78 is 2.26. The first-order valence-electron chi connectivity index (χ1n) is 22.2. The molecule has 0 aliphatic heterocycles. The molecule has 0 saturated heterocycles. The molecule has 3 nitrogen and oxygen atoms in total. The molecule has 1 aromatic heterocycles. The predicted octanol–water partition coefficient (Wildman–Crippen LogP) is 17.2. The smallest absolute Gasteiger partial charge is 0.0534 e. The van der Waals surface area contributed by atoms with E-state index in [9.17, 15) is 0 Å². The van der Waals surface area contributed by atoms with Crippen LogP contribution in [0.25, 0.3) is 61.1 Å². The molecule has 1 heterocycles. The molecule has 0 aliphatic rings. The second-order valence-corrected chi connectivity index (χ2v) is 16.2. The summed E-state index contributed by atoms with van der Waals surface area (Å²) in [5.74, 6) is 0. The summed E-state index contributed by atoms with van der Waals surface area (Å²) in [6.45, 7) is 0. The van der Waals surface area contributed by atoms with Gasteiger partial charge in [0.15, 0.2) is 0 Å². The summed E-state index contributed by atoms with van der Waals surface area (Å²) in [6.07, 6.45) is 2.17. The maximum atomic E-state index is 2.32. The van der Waals surface area contributed by atoms with Crippen molar-refractivity contribution in [2.45, 2.75) is 0 Å². The van der Waals surface area contributed by atoms with Crippen molar-refractivity contribution in [1.29, 1.82) is 0 Å². The second-order valence-electron chi connectivity index (χ2n) is 16.2. The minimum absolute atomic E-state index is 1.10. The number of hydrogen-bond acceptors (Lipinski definition) is 2. The molecule has 65 heavy (non-hydrogen) atoms. The molecule has 0 atom stereocenters. The van der Waals surface area contributed by atoms with E-state index in [4.69, 9.17) is 0 Å². The second kappa shape index (κ2) is 17.6. The monoisotopic (exact) mass is 831 g/mol. The molecule has 0 aliphatic carbocycles. The fraction of sp³-hybridized carbons (Fsp3) is 0. The van der Waals surface area contributed by atoms with Crippen molar-refractivity contribution in [2.24, 2.45) is 0 Å². The Labute approximate surface area is 381 Å². The SMILES string of the molecule is c1ccc(-c2ccc(N(c3ccccc3)c3ccc(-c4ccc(-c5ccc(N(c6ccccc6)c6ccc(-c7cccc8c7ccn8-c7ccccc7)cc6)cc5)cc4)cc3)cc2)cc1. The van der Waals surface area contributed by atoms with Gasteiger partial charge in [0.2, 0.25) is 0 Å². The molecule has 0 unspecified atom stereocenters. The van der Waals surface area contributed by atoms with Gasteiger partial charge in [-0.3, -0.25) is 0 Å². The maximum absolute atomic E-state index is 2.32. The van der Waals surface area contributed by atoms with Crippen LogP contribution in [0.4, 0.5) is 34.1 Å². The molecule has 0 saturated carbocycles. The van der Waals surface area contributed by atoms with Crippen LogP contribution in [0.2, 0.25) is 0 Å². The standard InChI is InChI=1S/C62H45N3/c1-5-14-46(15-6-1)49-28-36-56(37-29-49)64(54-18-9-3-10-19-54)57-38-30-50(31-39-57)47-24-26-48(27-25-47)51-32-40-58(41-33-51)65(55-20-11-4-12-21-55)59-42-34-52(35-43-59)60-22-13-23-62-61(60)44-45-63(62)53-16-7-2-8-17-53/h1-45H. The predicted molar refractivity (Wildman–Crippen MR) is 274 cm³/mol. The average molecular weight is 832 g/mol. The lowest BCUT2D eigenvalue weighted by Crippen LogP contribution is -2.09. The third-order valence-corrected chi connectivity index (χ3v) is 12.3. The first-order chi connectivity index (χ1) is 32.2. The number of rotatable bonds is 11. The van der Waals surface area contributed by atoms with Crippen molar-refractivity contribution in [3.8, 4) is 50.2 Å². The minimum Gasteiger partial charge on any atom is -0.317 e. The number of fused-ring (bicyclic) bond motifs is 1. The zero-order valence-electron chi connectivity index (χ0n) is 35.8. The van der Waals surface area contributed by atoms with Crippen LogP contribution in [0.3, 0.4) is 0 Å². The van der Waals surface area contributed by atoms with Crippen LogP contribution in [0, 0.1) is 0 Å². The molecule has 0 amide bonds. The van der Waals surface area contributed by atoms with Gasteiger partial charge in [0, 0.05) is 51.4 Å². The van der Waals surface area contributed by atoms with Crippen molar-refractivity contribution in [3.63, 3.8) is 0 Å². The van der Waals surface area contributed by atoms with Gasteiger partial charge in [-0.15, -0.1) is 0 Å². The van der Waals surface area contributed by atoms with E-state index >= 15 is 0 Å². The van der Waals surface area contributed by atoms with Crippen molar-refractivity contribution in [2.75, 3.05) is 9.80 Å². The molecule has 0 bridgehead atoms. The van der Waals surface area contributed by atoms with Crippen LogP contribution < -0.4 is 9.80 Å². The average Bonchev–Trinajstić information content (AvgIpc) is 3.84. The van der Waals surface area contributed by atoms with Gasteiger partial charge < -0.3 is 14.4 Å². The molecular formula is C62H45N3. The van der Waals surface area contributed by atoms with Crippen LogP contribution in [0.1, 0.15) is 0 Å². The highest BCUT2D eigenvalue weighted by Gasteiger charge is 2.16. The highest BCUT2D eigenvalue weighted by Crippen LogP contribution is 2.40. The van der Waals surface area contributed by atoms with Crippen LogP contribution in [-0.4, -0.2) is 4.57 Å². The first kappa shape index (κ1) is 39.2. The Bertz CT molecular complexity index is 3290. The Morgan fingerprint density at radius 1 is 0.231 bits per heavy atom. The summed E-state index contributed by atoms with van der Waals surface area (Å²) in [5, 5.41) is 1.23. The Balaban J connectivity index is 0.829. The lowest BCUT2D eigenvalue weighted by atomic mass is 9.99. The molecule has 0 spiro atoms. The van der Waals surface area contributed by atoms with E-state index in [0.29, 0.717) is 0 Å². The fourth-order valence-corrected chi connectivity index (χ4v) is 8.97. The normalized spacial score (nSPS) is 11.1. The van der Waals surface area contributed by atoms with Crippen LogP contribution in [0.5, 0.6) is 0 Å². The first-order valence-corrected chi connectivity index (χ1v) is 22.2. The summed E-state index contributed by atoms with van der Waals surface area (Å²) in [5.41, 5.74) is 18.5. The van der Waals surface area contributed by atoms with E-state index in [1.54, 1.807) is 0 Å². The third kappa shape index (κ3) is 7.99. The fourth-order valence-electron chi connectivity index (χ4n) is 8.97. The lowest BCUT2D eigenvalue weighted by molar-refractivity contribution is 1.13. The molecule has 0 fully saturated rings. The van der Waals surface area contributed by atoms with Gasteiger partial charge >= 0.3 is 0 Å². The van der Waals surface area contributed by atoms with E-state index in [2.05, 4.69) is 287 Å². The maximum Gasteiger partial charge on any atom is 0.0534 e. The highest BCUT2D eigenvalue weighted by molar-refractivity contribution is 5.97. The van der Waals surface area contributed by atoms with Gasteiger partial charge in [0.25, 0.3) is 0 Å². The number of hydrogen-bond donors (Lipinski definition) is 0. The lowest BCUT2D eigenvalue weighted by Gasteiger charge is -2.26. The molecule has 308 valence electrons. The Morgan fingerprint density at radius 2 is 0.554 bits per heavy atom. The van der Waals surface area contributed by atoms with Crippen LogP contribution in [-0.2, 0) is 0 Å². The summed E-state index contributed by atoms with van der Waals surface area (Å²) in [6, 6.07) is 95.5. The topological polar surface area (TPSA) is 11.4 Å².